The number of hydrogen-bond acceptors (Lipinski definition) is 2. The first-order valence-corrected chi connectivity index (χ1v) is 9.49. The molecule has 142 valence electrons. The number of benzene rings is 1. The van der Waals surface area contributed by atoms with Crippen LogP contribution in [0.5, 0.6) is 0 Å². The van der Waals surface area contributed by atoms with Crippen LogP contribution in [0.1, 0.15) is 57.1 Å². The minimum Gasteiger partial charge on any atom is -0.354 e. The van der Waals surface area contributed by atoms with Crippen molar-refractivity contribution < 1.29 is 0 Å². The molecule has 1 aliphatic heterocycles. The average molecular weight is 458 g/mol. The second kappa shape index (κ2) is 12.5. The van der Waals surface area contributed by atoms with Crippen LogP contribution in [0.25, 0.3) is 0 Å². The lowest BCUT2D eigenvalue weighted by Gasteiger charge is -2.22. The highest BCUT2D eigenvalue weighted by Crippen LogP contribution is 2.16. The predicted octanol–water partition coefficient (Wildman–Crippen LogP) is 4.14. The van der Waals surface area contributed by atoms with E-state index in [-0.39, 0.29) is 24.0 Å². The lowest BCUT2D eigenvalue weighted by Crippen LogP contribution is -2.41. The highest BCUT2D eigenvalue weighted by atomic mass is 127. The summed E-state index contributed by atoms with van der Waals surface area (Å²) in [6, 6.07) is 9.23. The summed E-state index contributed by atoms with van der Waals surface area (Å²) in [4.78, 5) is 6.94. The van der Waals surface area contributed by atoms with Gasteiger partial charge in [-0.15, -0.1) is 24.0 Å². The number of guanidine groups is 1. The third kappa shape index (κ3) is 7.94. The number of rotatable bonds is 6. The molecule has 0 amide bonds. The Hall–Kier alpha value is -0.820. The van der Waals surface area contributed by atoms with Crippen LogP contribution < -0.4 is 10.6 Å². The SMILES string of the molecule is CCC(C)NC(=NC)NCc1ccccc1CN1CCCCCC1.I. The molecule has 5 heteroatoms. The second-order valence-electron chi connectivity index (χ2n) is 6.84. The Morgan fingerprint density at radius 2 is 1.76 bits per heavy atom. The molecule has 2 N–H and O–H groups in total. The third-order valence-electron chi connectivity index (χ3n) is 4.88. The lowest BCUT2D eigenvalue weighted by atomic mass is 10.1. The number of halogens is 1. The van der Waals surface area contributed by atoms with Crippen LogP contribution in [0, 0.1) is 0 Å². The van der Waals surface area contributed by atoms with Crippen LogP contribution in [-0.4, -0.2) is 37.0 Å². The standard InChI is InChI=1S/C20H34N4.HI/c1-4-17(2)23-20(21-3)22-15-18-11-7-8-12-19(18)16-24-13-9-5-6-10-14-24;/h7-8,11-12,17H,4-6,9-10,13-16H2,1-3H3,(H2,21,22,23);1H. The van der Waals surface area contributed by atoms with Gasteiger partial charge in [-0.2, -0.15) is 0 Å². The van der Waals surface area contributed by atoms with Gasteiger partial charge in [-0.05, 0) is 50.4 Å². The van der Waals surface area contributed by atoms with Crippen molar-refractivity contribution in [1.82, 2.24) is 15.5 Å². The molecule has 1 aromatic carbocycles. The number of nitrogens with one attached hydrogen (secondary N) is 2. The molecule has 1 unspecified atom stereocenters. The van der Waals surface area contributed by atoms with Gasteiger partial charge in [-0.25, -0.2) is 0 Å². The van der Waals surface area contributed by atoms with Gasteiger partial charge in [0.2, 0.25) is 0 Å². The summed E-state index contributed by atoms with van der Waals surface area (Å²) in [7, 11) is 1.83. The van der Waals surface area contributed by atoms with Gasteiger partial charge >= 0.3 is 0 Å². The van der Waals surface area contributed by atoms with Crippen molar-refractivity contribution in [2.24, 2.45) is 4.99 Å². The molecule has 1 aliphatic rings. The normalized spacial score (nSPS) is 17.3. The molecule has 4 nitrogen and oxygen atoms in total. The Balaban J connectivity index is 0.00000312. The average Bonchev–Trinajstić information content (AvgIpc) is 2.88. The van der Waals surface area contributed by atoms with Crippen molar-refractivity contribution in [3.63, 3.8) is 0 Å². The van der Waals surface area contributed by atoms with Gasteiger partial charge < -0.3 is 10.6 Å². The van der Waals surface area contributed by atoms with E-state index in [2.05, 4.69) is 58.6 Å². The first-order valence-electron chi connectivity index (χ1n) is 9.49. The Morgan fingerprint density at radius 3 is 2.36 bits per heavy atom. The number of hydrogen-bond donors (Lipinski definition) is 2. The zero-order valence-electron chi connectivity index (χ0n) is 16.1. The highest BCUT2D eigenvalue weighted by Gasteiger charge is 2.12. The van der Waals surface area contributed by atoms with E-state index < -0.39 is 0 Å². The first-order chi connectivity index (χ1) is 11.7. The Kier molecular flexibility index (Phi) is 11.1. The zero-order valence-corrected chi connectivity index (χ0v) is 18.4. The maximum absolute atomic E-state index is 4.33. The molecule has 1 aromatic rings. The molecule has 1 heterocycles. The molecule has 0 spiro atoms. The lowest BCUT2D eigenvalue weighted by molar-refractivity contribution is 0.276. The van der Waals surface area contributed by atoms with Gasteiger partial charge in [0.05, 0.1) is 0 Å². The van der Waals surface area contributed by atoms with Gasteiger partial charge in [0, 0.05) is 26.2 Å². The smallest absolute Gasteiger partial charge is 0.191 e. The number of aliphatic imine (C=N–C) groups is 1. The van der Waals surface area contributed by atoms with E-state index in [0.717, 1.165) is 25.5 Å². The van der Waals surface area contributed by atoms with Gasteiger partial charge in [0.25, 0.3) is 0 Å². The van der Waals surface area contributed by atoms with E-state index in [1.54, 1.807) is 0 Å². The molecule has 0 radical (unpaired) electrons. The Labute approximate surface area is 170 Å². The monoisotopic (exact) mass is 458 g/mol. The second-order valence-corrected chi connectivity index (χ2v) is 6.84. The van der Waals surface area contributed by atoms with Crippen LogP contribution in [0.15, 0.2) is 29.3 Å². The van der Waals surface area contributed by atoms with Crippen LogP contribution in [-0.2, 0) is 13.1 Å². The fourth-order valence-electron chi connectivity index (χ4n) is 3.13. The molecule has 25 heavy (non-hydrogen) atoms. The van der Waals surface area contributed by atoms with Crippen LogP contribution in [0.4, 0.5) is 0 Å². The van der Waals surface area contributed by atoms with Crippen molar-refractivity contribution in [3.8, 4) is 0 Å². The van der Waals surface area contributed by atoms with E-state index in [0.29, 0.717) is 6.04 Å². The van der Waals surface area contributed by atoms with Crippen LogP contribution in [0.3, 0.4) is 0 Å². The van der Waals surface area contributed by atoms with Crippen molar-refractivity contribution >= 4 is 29.9 Å². The maximum atomic E-state index is 4.33. The fourth-order valence-corrected chi connectivity index (χ4v) is 3.13. The largest absolute Gasteiger partial charge is 0.354 e. The summed E-state index contributed by atoms with van der Waals surface area (Å²) in [6.07, 6.45) is 6.54. The van der Waals surface area contributed by atoms with Crippen molar-refractivity contribution in [1.29, 1.82) is 0 Å². The molecule has 0 aromatic heterocycles. The summed E-state index contributed by atoms with van der Waals surface area (Å²) < 4.78 is 0. The predicted molar refractivity (Wildman–Crippen MR) is 119 cm³/mol. The van der Waals surface area contributed by atoms with Gasteiger partial charge in [0.1, 0.15) is 0 Å². The number of likely N-dealkylation sites (tertiary alicyclic amines) is 1. The Bertz CT molecular complexity index is 510. The Morgan fingerprint density at radius 1 is 1.12 bits per heavy atom. The quantitative estimate of drug-likeness (QED) is 0.383. The minimum atomic E-state index is 0. The molecule has 0 bridgehead atoms. The summed E-state index contributed by atoms with van der Waals surface area (Å²) in [5, 5.41) is 6.89. The van der Waals surface area contributed by atoms with E-state index >= 15 is 0 Å². The van der Waals surface area contributed by atoms with Crippen LogP contribution in [0.2, 0.25) is 0 Å². The van der Waals surface area contributed by atoms with Gasteiger partial charge in [-0.3, -0.25) is 9.89 Å². The van der Waals surface area contributed by atoms with Gasteiger partial charge in [-0.1, -0.05) is 44.0 Å². The van der Waals surface area contributed by atoms with E-state index in [4.69, 9.17) is 0 Å². The summed E-state index contributed by atoms with van der Waals surface area (Å²) >= 11 is 0. The molecule has 0 aliphatic carbocycles. The molecule has 0 saturated carbocycles. The van der Waals surface area contributed by atoms with E-state index in [9.17, 15) is 0 Å². The van der Waals surface area contributed by atoms with E-state index in [1.807, 2.05) is 7.05 Å². The van der Waals surface area contributed by atoms with Crippen LogP contribution >= 0.6 is 24.0 Å². The molecule has 2 rings (SSSR count). The third-order valence-corrected chi connectivity index (χ3v) is 4.88. The molecule has 1 saturated heterocycles. The number of nitrogens with zero attached hydrogens (tertiary/aromatic N) is 2. The minimum absolute atomic E-state index is 0. The topological polar surface area (TPSA) is 39.7 Å². The fraction of sp³-hybridized carbons (Fsp3) is 0.650. The summed E-state index contributed by atoms with van der Waals surface area (Å²) in [5.41, 5.74) is 2.81. The maximum Gasteiger partial charge on any atom is 0.191 e. The van der Waals surface area contributed by atoms with Gasteiger partial charge in [0.15, 0.2) is 5.96 Å². The molecule has 1 atom stereocenters. The summed E-state index contributed by atoms with van der Waals surface area (Å²) in [6.45, 7) is 8.72. The molecular formula is C20H35IN4. The zero-order chi connectivity index (χ0) is 17.2. The van der Waals surface area contributed by atoms with E-state index in [1.165, 1.54) is 49.9 Å². The summed E-state index contributed by atoms with van der Waals surface area (Å²) in [5.74, 6) is 0.883. The first kappa shape index (κ1) is 22.2. The molecule has 1 fully saturated rings. The molecular weight excluding hydrogens is 423 g/mol. The van der Waals surface area contributed by atoms with Crippen molar-refractivity contribution in [2.45, 2.75) is 65.1 Å². The van der Waals surface area contributed by atoms with Crippen molar-refractivity contribution in [3.05, 3.63) is 35.4 Å². The highest BCUT2D eigenvalue weighted by molar-refractivity contribution is 14.0. The van der Waals surface area contributed by atoms with Crippen molar-refractivity contribution in [2.75, 3.05) is 20.1 Å².